The highest BCUT2D eigenvalue weighted by Crippen LogP contribution is 2.52. The molecule has 0 N–H and O–H groups in total. The van der Waals surface area contributed by atoms with E-state index in [0.29, 0.717) is 0 Å². The lowest BCUT2D eigenvalue weighted by molar-refractivity contribution is 0.447. The van der Waals surface area contributed by atoms with Gasteiger partial charge in [0, 0.05) is 44.6 Å². The molecule has 2 nitrogen and oxygen atoms in total. The minimum Gasteiger partial charge on any atom is -0.336 e. The van der Waals surface area contributed by atoms with Gasteiger partial charge in [0.25, 0.3) is 0 Å². The molecule has 0 spiro atoms. The molecule has 0 saturated carbocycles. The van der Waals surface area contributed by atoms with Crippen LogP contribution < -0.4 is 9.80 Å². The molecule has 3 aliphatic rings. The predicted molar refractivity (Wildman–Crippen MR) is 221 cm³/mol. The van der Waals surface area contributed by atoms with Crippen LogP contribution in [0.25, 0.3) is 22.4 Å². The van der Waals surface area contributed by atoms with Gasteiger partial charge in [-0.15, -0.1) is 0 Å². The highest BCUT2D eigenvalue weighted by molar-refractivity contribution is 6.01. The van der Waals surface area contributed by atoms with E-state index >= 15 is 0 Å². The molecule has 0 aromatic heterocycles. The largest absolute Gasteiger partial charge is 0.336 e. The van der Waals surface area contributed by atoms with Gasteiger partial charge in [-0.25, -0.2) is 0 Å². The Balaban J connectivity index is 1.11. The minimum atomic E-state index is -0.204. The van der Waals surface area contributed by atoms with Gasteiger partial charge in [0.1, 0.15) is 0 Å². The lowest BCUT2D eigenvalue weighted by atomic mass is 9.81. The summed E-state index contributed by atoms with van der Waals surface area (Å²) in [5, 5.41) is 2.52. The molecule has 8 rings (SSSR count). The zero-order chi connectivity index (χ0) is 35.7. The van der Waals surface area contributed by atoms with Gasteiger partial charge in [0.2, 0.25) is 0 Å². The third kappa shape index (κ3) is 5.48. The molecule has 2 aliphatic heterocycles. The molecule has 0 saturated heterocycles. The third-order valence-corrected chi connectivity index (χ3v) is 11.9. The van der Waals surface area contributed by atoms with Crippen molar-refractivity contribution in [2.45, 2.75) is 83.7 Å². The van der Waals surface area contributed by atoms with E-state index in [-0.39, 0.29) is 16.5 Å². The molecular formula is C49H50N2. The standard InChI is InChI=1S/C49H50N2/c1-33(21-22-35-23-26-46(41-18-12-11-17-40(35)41)51-45-20-14-10-16-37(45)28-30-48(51,5)6)31-42-34(2)39-25-24-38(32-43(39)49(42,7)8)50-44-19-13-9-15-36(44)27-29-47(50,3)4/h9-26,31-32H,1-2,27-30H2,3-8H3. The number of allylic oxidation sites excluding steroid dienone is 5. The topological polar surface area (TPSA) is 6.48 Å². The first-order chi connectivity index (χ1) is 24.4. The SMILES string of the molecule is C=C(C=Cc1ccc(N2c3ccccc3CCC2(C)C)c2ccccc12)C=C1C(=C)c2ccc(N3c4ccccc4CCC3(C)C)cc2C1(C)C. The minimum absolute atomic E-state index is 0.0121. The van der Waals surface area contributed by atoms with Crippen LogP contribution >= 0.6 is 0 Å². The van der Waals surface area contributed by atoms with E-state index in [2.05, 4.69) is 186 Å². The second-order valence-electron chi connectivity index (χ2n) is 16.6. The Kier molecular flexibility index (Phi) is 7.79. The summed E-state index contributed by atoms with van der Waals surface area (Å²) >= 11 is 0. The molecule has 256 valence electrons. The number of nitrogens with zero attached hydrogens (tertiary/aromatic N) is 2. The number of hydrogen-bond acceptors (Lipinski definition) is 2. The molecule has 0 fully saturated rings. The maximum Gasteiger partial charge on any atom is 0.0496 e. The molecule has 2 heteroatoms. The zero-order valence-electron chi connectivity index (χ0n) is 31.2. The van der Waals surface area contributed by atoms with Crippen LogP contribution in [0.4, 0.5) is 22.7 Å². The summed E-state index contributed by atoms with van der Waals surface area (Å²) in [4.78, 5) is 5.11. The van der Waals surface area contributed by atoms with Gasteiger partial charge in [-0.3, -0.25) is 0 Å². The molecule has 0 radical (unpaired) electrons. The molecule has 0 atom stereocenters. The summed E-state index contributed by atoms with van der Waals surface area (Å²) in [5.41, 5.74) is 14.9. The van der Waals surface area contributed by atoms with Gasteiger partial charge in [0.15, 0.2) is 0 Å². The van der Waals surface area contributed by atoms with Crippen LogP contribution in [-0.4, -0.2) is 11.1 Å². The third-order valence-electron chi connectivity index (χ3n) is 11.9. The number of fused-ring (bicyclic) bond motifs is 4. The van der Waals surface area contributed by atoms with Crippen molar-refractivity contribution in [3.8, 4) is 0 Å². The summed E-state index contributed by atoms with van der Waals surface area (Å²) < 4.78 is 0. The molecule has 0 amide bonds. The van der Waals surface area contributed by atoms with Crippen LogP contribution in [0.15, 0.2) is 140 Å². The van der Waals surface area contributed by atoms with Crippen molar-refractivity contribution in [2.24, 2.45) is 0 Å². The van der Waals surface area contributed by atoms with Crippen LogP contribution in [0.5, 0.6) is 0 Å². The fourth-order valence-corrected chi connectivity index (χ4v) is 9.05. The Hall–Kier alpha value is -5.08. The fraction of sp³-hybridized carbons (Fsp3) is 0.265. The van der Waals surface area contributed by atoms with E-state index in [9.17, 15) is 0 Å². The Morgan fingerprint density at radius 2 is 1.24 bits per heavy atom. The molecule has 5 aromatic carbocycles. The van der Waals surface area contributed by atoms with Crippen LogP contribution in [0.1, 0.15) is 82.2 Å². The average Bonchev–Trinajstić information content (AvgIpc) is 3.30. The first-order valence-electron chi connectivity index (χ1n) is 18.6. The summed E-state index contributed by atoms with van der Waals surface area (Å²) in [6.07, 6.45) is 11.1. The Morgan fingerprint density at radius 1 is 0.647 bits per heavy atom. The monoisotopic (exact) mass is 666 g/mol. The van der Waals surface area contributed by atoms with E-state index < -0.39 is 0 Å². The highest BCUT2D eigenvalue weighted by Gasteiger charge is 2.40. The van der Waals surface area contributed by atoms with Gasteiger partial charge in [-0.1, -0.05) is 118 Å². The van der Waals surface area contributed by atoms with E-state index in [4.69, 9.17) is 0 Å². The van der Waals surface area contributed by atoms with Gasteiger partial charge >= 0.3 is 0 Å². The zero-order valence-corrected chi connectivity index (χ0v) is 31.2. The van der Waals surface area contributed by atoms with E-state index in [1.54, 1.807) is 0 Å². The second kappa shape index (κ2) is 12.0. The molecule has 1 aliphatic carbocycles. The van der Waals surface area contributed by atoms with Crippen molar-refractivity contribution < 1.29 is 0 Å². The molecule has 0 bridgehead atoms. The van der Waals surface area contributed by atoms with Gasteiger partial charge in [-0.2, -0.15) is 0 Å². The van der Waals surface area contributed by atoms with Crippen LogP contribution in [0.2, 0.25) is 0 Å². The number of anilines is 4. The Morgan fingerprint density at radius 3 is 1.92 bits per heavy atom. The second-order valence-corrected chi connectivity index (χ2v) is 16.6. The smallest absolute Gasteiger partial charge is 0.0496 e. The number of para-hydroxylation sites is 2. The lowest BCUT2D eigenvalue weighted by Gasteiger charge is -2.45. The Labute approximate surface area is 305 Å². The number of rotatable bonds is 5. The summed E-state index contributed by atoms with van der Waals surface area (Å²) in [6.45, 7) is 23.3. The average molecular weight is 667 g/mol. The maximum absolute atomic E-state index is 4.62. The Bertz CT molecular complexity index is 2290. The molecule has 51 heavy (non-hydrogen) atoms. The van der Waals surface area contributed by atoms with Crippen molar-refractivity contribution in [2.75, 3.05) is 9.80 Å². The first kappa shape index (κ1) is 33.1. The number of benzene rings is 5. The van der Waals surface area contributed by atoms with Crippen molar-refractivity contribution >= 4 is 45.2 Å². The molecule has 0 unspecified atom stereocenters. The van der Waals surface area contributed by atoms with Crippen LogP contribution in [0, 0.1) is 0 Å². The van der Waals surface area contributed by atoms with E-state index in [0.717, 1.165) is 36.8 Å². The fourth-order valence-electron chi connectivity index (χ4n) is 9.05. The van der Waals surface area contributed by atoms with Gasteiger partial charge in [-0.05, 0) is 134 Å². The predicted octanol–water partition coefficient (Wildman–Crippen LogP) is 13.1. The van der Waals surface area contributed by atoms with E-state index in [1.807, 2.05) is 0 Å². The van der Waals surface area contributed by atoms with Crippen molar-refractivity contribution in [3.05, 3.63) is 167 Å². The summed E-state index contributed by atoms with van der Waals surface area (Å²) in [5.74, 6) is 0. The number of hydrogen-bond donors (Lipinski definition) is 0. The molecule has 2 heterocycles. The molecule has 5 aromatic rings. The van der Waals surface area contributed by atoms with Crippen molar-refractivity contribution in [3.63, 3.8) is 0 Å². The van der Waals surface area contributed by atoms with Crippen LogP contribution in [-0.2, 0) is 18.3 Å². The normalized spacial score (nSPS) is 19.3. The van der Waals surface area contributed by atoms with Gasteiger partial charge < -0.3 is 9.80 Å². The van der Waals surface area contributed by atoms with Crippen molar-refractivity contribution in [1.82, 2.24) is 0 Å². The van der Waals surface area contributed by atoms with E-state index in [1.165, 1.54) is 66.9 Å². The quantitative estimate of drug-likeness (QED) is 0.172. The van der Waals surface area contributed by atoms with Crippen molar-refractivity contribution in [1.29, 1.82) is 0 Å². The number of aryl methyl sites for hydroxylation is 2. The lowest BCUT2D eigenvalue weighted by Crippen LogP contribution is -2.44. The molecular weight excluding hydrogens is 617 g/mol. The highest BCUT2D eigenvalue weighted by atomic mass is 15.2. The first-order valence-corrected chi connectivity index (χ1v) is 18.6. The maximum atomic E-state index is 4.62. The van der Waals surface area contributed by atoms with Crippen LogP contribution in [0.3, 0.4) is 0 Å². The van der Waals surface area contributed by atoms with Gasteiger partial charge in [0.05, 0.1) is 0 Å². The summed E-state index contributed by atoms with van der Waals surface area (Å²) in [7, 11) is 0. The summed E-state index contributed by atoms with van der Waals surface area (Å²) in [6, 6.07) is 38.2.